The van der Waals surface area contributed by atoms with Crippen LogP contribution in [0.5, 0.6) is 0 Å². The fourth-order valence-electron chi connectivity index (χ4n) is 2.66. The average Bonchev–Trinajstić information content (AvgIpc) is 2.85. The van der Waals surface area contributed by atoms with Crippen LogP contribution in [0.3, 0.4) is 0 Å². The number of rotatable bonds is 4. The molecule has 1 atom stereocenters. The molecule has 1 unspecified atom stereocenters. The van der Waals surface area contributed by atoms with Crippen LogP contribution in [0.25, 0.3) is 0 Å². The first-order chi connectivity index (χ1) is 8.31. The summed E-state index contributed by atoms with van der Waals surface area (Å²) >= 11 is 2.13. The molecule has 2 heteroatoms. The number of thioether (sulfide) groups is 1. The second-order valence-electron chi connectivity index (χ2n) is 5.44. The van der Waals surface area contributed by atoms with E-state index < -0.39 is 0 Å². The summed E-state index contributed by atoms with van der Waals surface area (Å²) in [5.74, 6) is 0. The van der Waals surface area contributed by atoms with Crippen molar-refractivity contribution in [1.29, 1.82) is 0 Å². The van der Waals surface area contributed by atoms with Gasteiger partial charge in [0.2, 0.25) is 0 Å². The van der Waals surface area contributed by atoms with Crippen molar-refractivity contribution in [3.63, 3.8) is 0 Å². The summed E-state index contributed by atoms with van der Waals surface area (Å²) in [6, 6.07) is 0.577. The molecule has 0 aromatic heterocycles. The first-order valence-corrected chi connectivity index (χ1v) is 7.70. The zero-order valence-electron chi connectivity index (χ0n) is 10.4. The van der Waals surface area contributed by atoms with Crippen LogP contribution in [0.2, 0.25) is 0 Å². The molecule has 0 saturated heterocycles. The SMILES string of the molecule is C=C1CC1NC1=CC=C(SC2CCCCC2)C1. The average molecular weight is 247 g/mol. The molecule has 0 aliphatic heterocycles. The van der Waals surface area contributed by atoms with E-state index in [1.54, 1.807) is 4.91 Å². The lowest BCUT2D eigenvalue weighted by Gasteiger charge is -2.21. The molecule has 0 aromatic rings. The Labute approximate surface area is 108 Å². The van der Waals surface area contributed by atoms with Crippen LogP contribution < -0.4 is 5.32 Å². The molecule has 0 amide bonds. The summed E-state index contributed by atoms with van der Waals surface area (Å²) in [4.78, 5) is 1.56. The van der Waals surface area contributed by atoms with Gasteiger partial charge in [0.25, 0.3) is 0 Å². The minimum atomic E-state index is 0.577. The summed E-state index contributed by atoms with van der Waals surface area (Å²) in [6.07, 6.45) is 14.0. The smallest absolute Gasteiger partial charge is 0.0506 e. The van der Waals surface area contributed by atoms with Gasteiger partial charge in [0.1, 0.15) is 0 Å². The van der Waals surface area contributed by atoms with Gasteiger partial charge in [-0.15, -0.1) is 11.8 Å². The van der Waals surface area contributed by atoms with Crippen molar-refractivity contribution < 1.29 is 0 Å². The Balaban J connectivity index is 1.43. The molecule has 0 radical (unpaired) electrons. The molecule has 3 aliphatic rings. The Kier molecular flexibility index (Phi) is 3.32. The second-order valence-corrected chi connectivity index (χ2v) is 6.87. The predicted molar refractivity (Wildman–Crippen MR) is 75.9 cm³/mol. The molecule has 92 valence electrons. The van der Waals surface area contributed by atoms with E-state index in [4.69, 9.17) is 0 Å². The Hall–Kier alpha value is -0.630. The Morgan fingerprint density at radius 1 is 1.18 bits per heavy atom. The summed E-state index contributed by atoms with van der Waals surface area (Å²) in [5.41, 5.74) is 2.76. The van der Waals surface area contributed by atoms with Gasteiger partial charge in [-0.1, -0.05) is 37.5 Å². The molecular formula is C15H21NS. The molecule has 2 fully saturated rings. The van der Waals surface area contributed by atoms with Gasteiger partial charge in [-0.2, -0.15) is 0 Å². The lowest BCUT2D eigenvalue weighted by molar-refractivity contribution is 0.516. The quantitative estimate of drug-likeness (QED) is 0.749. The van der Waals surface area contributed by atoms with E-state index in [-0.39, 0.29) is 0 Å². The molecule has 1 nitrogen and oxygen atoms in total. The Morgan fingerprint density at radius 2 is 1.94 bits per heavy atom. The zero-order chi connectivity index (χ0) is 11.7. The van der Waals surface area contributed by atoms with Gasteiger partial charge in [0.15, 0.2) is 0 Å². The molecule has 0 bridgehead atoms. The van der Waals surface area contributed by atoms with Crippen molar-refractivity contribution in [3.05, 3.63) is 34.9 Å². The molecule has 2 saturated carbocycles. The normalized spacial score (nSPS) is 28.9. The second kappa shape index (κ2) is 4.93. The topological polar surface area (TPSA) is 12.0 Å². The van der Waals surface area contributed by atoms with E-state index in [2.05, 4.69) is 35.8 Å². The van der Waals surface area contributed by atoms with Gasteiger partial charge in [-0.05, 0) is 30.2 Å². The lowest BCUT2D eigenvalue weighted by atomic mass is 10.0. The number of hydrogen-bond acceptors (Lipinski definition) is 2. The van der Waals surface area contributed by atoms with Crippen molar-refractivity contribution in [2.75, 3.05) is 0 Å². The van der Waals surface area contributed by atoms with Crippen LogP contribution in [0, 0.1) is 0 Å². The summed E-state index contributed by atoms with van der Waals surface area (Å²) in [7, 11) is 0. The molecule has 0 spiro atoms. The first kappa shape index (κ1) is 11.5. The van der Waals surface area contributed by atoms with Gasteiger partial charge < -0.3 is 5.32 Å². The summed E-state index contributed by atoms with van der Waals surface area (Å²) in [5, 5.41) is 4.45. The fourth-order valence-corrected chi connectivity index (χ4v) is 4.04. The molecule has 3 aliphatic carbocycles. The van der Waals surface area contributed by atoms with Crippen LogP contribution >= 0.6 is 11.8 Å². The van der Waals surface area contributed by atoms with Crippen molar-refractivity contribution >= 4 is 11.8 Å². The van der Waals surface area contributed by atoms with Gasteiger partial charge in [0.05, 0.1) is 6.04 Å². The Morgan fingerprint density at radius 3 is 2.65 bits per heavy atom. The third-order valence-electron chi connectivity index (χ3n) is 3.86. The van der Waals surface area contributed by atoms with Gasteiger partial charge in [0, 0.05) is 17.4 Å². The molecule has 3 rings (SSSR count). The van der Waals surface area contributed by atoms with E-state index in [9.17, 15) is 0 Å². The van der Waals surface area contributed by atoms with Gasteiger partial charge >= 0.3 is 0 Å². The predicted octanol–water partition coefficient (Wildman–Crippen LogP) is 4.14. The Bertz CT molecular complexity index is 374. The minimum Gasteiger partial charge on any atom is -0.381 e. The highest BCUT2D eigenvalue weighted by molar-refractivity contribution is 8.03. The van der Waals surface area contributed by atoms with Crippen LogP contribution in [-0.2, 0) is 0 Å². The van der Waals surface area contributed by atoms with Crippen molar-refractivity contribution in [2.45, 2.75) is 56.2 Å². The van der Waals surface area contributed by atoms with E-state index >= 15 is 0 Å². The van der Waals surface area contributed by atoms with Crippen LogP contribution in [0.15, 0.2) is 34.9 Å². The molecular weight excluding hydrogens is 226 g/mol. The van der Waals surface area contributed by atoms with E-state index in [1.807, 2.05) is 0 Å². The molecule has 0 heterocycles. The van der Waals surface area contributed by atoms with E-state index in [0.717, 1.165) is 11.7 Å². The largest absolute Gasteiger partial charge is 0.381 e. The lowest BCUT2D eigenvalue weighted by Crippen LogP contribution is -2.15. The fraction of sp³-hybridized carbons (Fsp3) is 0.600. The maximum atomic E-state index is 3.99. The number of allylic oxidation sites excluding steroid dienone is 3. The monoisotopic (exact) mass is 247 g/mol. The van der Waals surface area contributed by atoms with E-state index in [1.165, 1.54) is 49.8 Å². The first-order valence-electron chi connectivity index (χ1n) is 6.82. The highest BCUT2D eigenvalue weighted by Crippen LogP contribution is 2.38. The van der Waals surface area contributed by atoms with Gasteiger partial charge in [-0.25, -0.2) is 0 Å². The highest BCUT2D eigenvalue weighted by atomic mass is 32.2. The van der Waals surface area contributed by atoms with Crippen LogP contribution in [0.1, 0.15) is 44.9 Å². The minimum absolute atomic E-state index is 0.577. The summed E-state index contributed by atoms with van der Waals surface area (Å²) < 4.78 is 0. The third-order valence-corrected chi connectivity index (χ3v) is 5.25. The zero-order valence-corrected chi connectivity index (χ0v) is 11.2. The van der Waals surface area contributed by atoms with Crippen LogP contribution in [0.4, 0.5) is 0 Å². The van der Waals surface area contributed by atoms with E-state index in [0.29, 0.717) is 6.04 Å². The van der Waals surface area contributed by atoms with Crippen LogP contribution in [-0.4, -0.2) is 11.3 Å². The van der Waals surface area contributed by atoms with Gasteiger partial charge in [-0.3, -0.25) is 0 Å². The third kappa shape index (κ3) is 2.98. The number of nitrogens with one attached hydrogen (secondary N) is 1. The maximum Gasteiger partial charge on any atom is 0.0506 e. The van der Waals surface area contributed by atoms with Crippen molar-refractivity contribution in [1.82, 2.24) is 5.32 Å². The summed E-state index contributed by atoms with van der Waals surface area (Å²) in [6.45, 7) is 3.99. The molecule has 0 aromatic carbocycles. The standard InChI is InChI=1S/C15H21NS/c1-11-9-15(11)16-12-7-8-14(10-12)17-13-5-3-2-4-6-13/h7-8,13,15-16H,1-6,9-10H2. The number of hydrogen-bond donors (Lipinski definition) is 1. The maximum absolute atomic E-state index is 3.99. The van der Waals surface area contributed by atoms with Crippen molar-refractivity contribution in [3.8, 4) is 0 Å². The highest BCUT2D eigenvalue weighted by Gasteiger charge is 2.28. The van der Waals surface area contributed by atoms with Crippen molar-refractivity contribution in [2.24, 2.45) is 0 Å². The molecule has 17 heavy (non-hydrogen) atoms. The molecule has 1 N–H and O–H groups in total.